The van der Waals surface area contributed by atoms with Crippen LogP contribution in [0.3, 0.4) is 0 Å². The van der Waals surface area contributed by atoms with E-state index >= 15 is 0 Å². The Bertz CT molecular complexity index is 706. The van der Waals surface area contributed by atoms with E-state index in [1.54, 1.807) is 36.4 Å². The highest BCUT2D eigenvalue weighted by molar-refractivity contribution is 6.32. The Balaban J connectivity index is 1.96. The van der Waals surface area contributed by atoms with E-state index in [2.05, 4.69) is 0 Å². The van der Waals surface area contributed by atoms with Crippen molar-refractivity contribution in [3.05, 3.63) is 47.0 Å². The maximum Gasteiger partial charge on any atom is 0.344 e. The summed E-state index contributed by atoms with van der Waals surface area (Å²) in [6.07, 6.45) is 0. The molecule has 7 heteroatoms. The van der Waals surface area contributed by atoms with E-state index in [0.29, 0.717) is 33.6 Å². The number of esters is 1. The Hall–Kier alpha value is -2.60. The first-order chi connectivity index (χ1) is 12.1. The van der Waals surface area contributed by atoms with Crippen molar-refractivity contribution in [2.75, 3.05) is 27.9 Å². The SMILES string of the molecule is COc1cc(COC(=O)COc2ccccc2Cl)cc(OC)c1OC. The minimum absolute atomic E-state index is 0.0431. The average Bonchev–Trinajstić information content (AvgIpc) is 2.64. The fourth-order valence-corrected chi connectivity index (χ4v) is 2.31. The zero-order chi connectivity index (χ0) is 18.2. The summed E-state index contributed by atoms with van der Waals surface area (Å²) >= 11 is 5.96. The van der Waals surface area contributed by atoms with Crippen LogP contribution in [0.25, 0.3) is 0 Å². The molecule has 0 saturated heterocycles. The summed E-state index contributed by atoms with van der Waals surface area (Å²) < 4.78 is 26.3. The van der Waals surface area contributed by atoms with E-state index in [4.69, 9.17) is 35.3 Å². The lowest BCUT2D eigenvalue weighted by molar-refractivity contribution is -0.147. The zero-order valence-corrected chi connectivity index (χ0v) is 15.0. The van der Waals surface area contributed by atoms with Crippen molar-refractivity contribution in [2.24, 2.45) is 0 Å². The van der Waals surface area contributed by atoms with Gasteiger partial charge in [-0.05, 0) is 29.8 Å². The number of benzene rings is 2. The summed E-state index contributed by atoms with van der Waals surface area (Å²) in [5.74, 6) is 1.35. The second-order valence-corrected chi connectivity index (χ2v) is 5.32. The highest BCUT2D eigenvalue weighted by Gasteiger charge is 2.14. The van der Waals surface area contributed by atoms with Crippen molar-refractivity contribution in [3.63, 3.8) is 0 Å². The molecular weight excluding hydrogens is 348 g/mol. The molecule has 0 bridgehead atoms. The van der Waals surface area contributed by atoms with Crippen molar-refractivity contribution >= 4 is 17.6 Å². The van der Waals surface area contributed by atoms with Crippen LogP contribution in [-0.4, -0.2) is 33.9 Å². The number of hydrogen-bond donors (Lipinski definition) is 0. The van der Waals surface area contributed by atoms with Crippen LogP contribution in [0.4, 0.5) is 0 Å². The molecule has 134 valence electrons. The average molecular weight is 367 g/mol. The number of para-hydroxylation sites is 1. The lowest BCUT2D eigenvalue weighted by atomic mass is 10.2. The first-order valence-corrected chi connectivity index (χ1v) is 7.78. The number of rotatable bonds is 8. The molecule has 25 heavy (non-hydrogen) atoms. The Morgan fingerprint density at radius 2 is 1.60 bits per heavy atom. The summed E-state index contributed by atoms with van der Waals surface area (Å²) in [6.45, 7) is -0.199. The Kier molecular flexibility index (Phi) is 6.77. The predicted octanol–water partition coefficient (Wildman–Crippen LogP) is 3.49. The van der Waals surface area contributed by atoms with Crippen LogP contribution in [0, 0.1) is 0 Å². The summed E-state index contributed by atoms with van der Waals surface area (Å²) in [7, 11) is 4.56. The molecule has 0 atom stereocenters. The minimum Gasteiger partial charge on any atom is -0.493 e. The van der Waals surface area contributed by atoms with Crippen LogP contribution in [-0.2, 0) is 16.1 Å². The fourth-order valence-electron chi connectivity index (χ4n) is 2.12. The molecule has 0 amide bonds. The first kappa shape index (κ1) is 18.7. The highest BCUT2D eigenvalue weighted by Crippen LogP contribution is 2.38. The van der Waals surface area contributed by atoms with E-state index in [1.165, 1.54) is 21.3 Å². The molecule has 2 rings (SSSR count). The number of halogens is 1. The van der Waals surface area contributed by atoms with Gasteiger partial charge in [0, 0.05) is 0 Å². The number of hydrogen-bond acceptors (Lipinski definition) is 6. The van der Waals surface area contributed by atoms with E-state index in [1.807, 2.05) is 0 Å². The van der Waals surface area contributed by atoms with Gasteiger partial charge >= 0.3 is 5.97 Å². The number of carbonyl (C=O) groups excluding carboxylic acids is 1. The van der Waals surface area contributed by atoms with Crippen LogP contribution >= 0.6 is 11.6 Å². The van der Waals surface area contributed by atoms with Crippen molar-refractivity contribution in [2.45, 2.75) is 6.61 Å². The lowest BCUT2D eigenvalue weighted by Crippen LogP contribution is -2.15. The summed E-state index contributed by atoms with van der Waals surface area (Å²) in [5, 5.41) is 0.430. The molecule has 0 aliphatic carbocycles. The van der Waals surface area contributed by atoms with Gasteiger partial charge in [-0.1, -0.05) is 23.7 Å². The quantitative estimate of drug-likeness (QED) is 0.666. The maximum atomic E-state index is 11.9. The molecule has 0 spiro atoms. The topological polar surface area (TPSA) is 63.2 Å². The van der Waals surface area contributed by atoms with Crippen LogP contribution < -0.4 is 18.9 Å². The summed E-state index contributed by atoms with van der Waals surface area (Å²) in [6, 6.07) is 10.3. The van der Waals surface area contributed by atoms with Crippen molar-refractivity contribution < 1.29 is 28.5 Å². The Labute approximate surface area is 151 Å². The van der Waals surface area contributed by atoms with Gasteiger partial charge in [-0.3, -0.25) is 0 Å². The third-order valence-electron chi connectivity index (χ3n) is 3.31. The van der Waals surface area contributed by atoms with Gasteiger partial charge in [-0.15, -0.1) is 0 Å². The minimum atomic E-state index is -0.520. The van der Waals surface area contributed by atoms with Gasteiger partial charge in [0.2, 0.25) is 5.75 Å². The number of methoxy groups -OCH3 is 3. The van der Waals surface area contributed by atoms with Crippen molar-refractivity contribution in [1.82, 2.24) is 0 Å². The van der Waals surface area contributed by atoms with Gasteiger partial charge < -0.3 is 23.7 Å². The lowest BCUT2D eigenvalue weighted by Gasteiger charge is -2.14. The third-order valence-corrected chi connectivity index (χ3v) is 3.62. The molecule has 2 aromatic carbocycles. The third kappa shape index (κ3) is 4.93. The standard InChI is InChI=1S/C18H19ClO6/c1-21-15-8-12(9-16(22-2)18(15)23-3)10-25-17(20)11-24-14-7-5-4-6-13(14)19/h4-9H,10-11H2,1-3H3. The smallest absolute Gasteiger partial charge is 0.344 e. The molecule has 2 aromatic rings. The second kappa shape index (κ2) is 9.03. The molecule has 0 aromatic heterocycles. The molecule has 0 unspecified atom stereocenters. The summed E-state index contributed by atoms with van der Waals surface area (Å²) in [4.78, 5) is 11.9. The monoisotopic (exact) mass is 366 g/mol. The molecule has 6 nitrogen and oxygen atoms in total. The van der Waals surface area contributed by atoms with Gasteiger partial charge in [-0.25, -0.2) is 4.79 Å². The first-order valence-electron chi connectivity index (χ1n) is 7.40. The number of ether oxygens (including phenoxy) is 5. The van der Waals surface area contributed by atoms with Gasteiger partial charge in [-0.2, -0.15) is 0 Å². The maximum absolute atomic E-state index is 11.9. The van der Waals surface area contributed by atoms with E-state index in [9.17, 15) is 4.79 Å². The molecule has 0 N–H and O–H groups in total. The Morgan fingerprint density at radius 1 is 0.960 bits per heavy atom. The van der Waals surface area contributed by atoms with Crippen molar-refractivity contribution in [3.8, 4) is 23.0 Å². The van der Waals surface area contributed by atoms with E-state index < -0.39 is 5.97 Å². The largest absolute Gasteiger partial charge is 0.493 e. The fraction of sp³-hybridized carbons (Fsp3) is 0.278. The normalized spacial score (nSPS) is 10.1. The highest BCUT2D eigenvalue weighted by atomic mass is 35.5. The Morgan fingerprint density at radius 3 is 2.16 bits per heavy atom. The van der Waals surface area contributed by atoms with Crippen LogP contribution in [0.5, 0.6) is 23.0 Å². The van der Waals surface area contributed by atoms with Crippen LogP contribution in [0.15, 0.2) is 36.4 Å². The molecule has 0 aliphatic heterocycles. The zero-order valence-electron chi connectivity index (χ0n) is 14.2. The second-order valence-electron chi connectivity index (χ2n) is 4.91. The molecule has 0 radical (unpaired) electrons. The van der Waals surface area contributed by atoms with Gasteiger partial charge in [0.25, 0.3) is 0 Å². The van der Waals surface area contributed by atoms with Crippen LogP contribution in [0.2, 0.25) is 5.02 Å². The van der Waals surface area contributed by atoms with Gasteiger partial charge in [0.15, 0.2) is 18.1 Å². The molecule has 0 heterocycles. The van der Waals surface area contributed by atoms with E-state index in [0.717, 1.165) is 0 Å². The van der Waals surface area contributed by atoms with Crippen LogP contribution in [0.1, 0.15) is 5.56 Å². The van der Waals surface area contributed by atoms with Gasteiger partial charge in [0.05, 0.1) is 26.4 Å². The molecule has 0 fully saturated rings. The van der Waals surface area contributed by atoms with E-state index in [-0.39, 0.29) is 13.2 Å². The molecule has 0 aliphatic rings. The predicted molar refractivity (Wildman–Crippen MR) is 92.8 cm³/mol. The molecule has 0 saturated carbocycles. The molecular formula is C18H19ClO6. The number of carbonyl (C=O) groups is 1. The van der Waals surface area contributed by atoms with Crippen molar-refractivity contribution in [1.29, 1.82) is 0 Å². The van der Waals surface area contributed by atoms with Gasteiger partial charge in [0.1, 0.15) is 12.4 Å². The summed E-state index contributed by atoms with van der Waals surface area (Å²) in [5.41, 5.74) is 0.695.